The summed E-state index contributed by atoms with van der Waals surface area (Å²) in [5.41, 5.74) is 27.8. The van der Waals surface area contributed by atoms with Crippen molar-refractivity contribution in [1.82, 2.24) is 0 Å². The Bertz CT molecular complexity index is 9190. The molecule has 0 unspecified atom stereocenters. The molecule has 0 fully saturated rings. The molecule has 0 saturated carbocycles. The van der Waals surface area contributed by atoms with Crippen molar-refractivity contribution in [2.24, 2.45) is 0 Å². The largest absolute Gasteiger partial charge is 0.455 e. The van der Waals surface area contributed by atoms with Crippen LogP contribution < -0.4 is 19.6 Å². The van der Waals surface area contributed by atoms with Gasteiger partial charge < -0.3 is 37.3 Å². The van der Waals surface area contributed by atoms with Crippen LogP contribution in [0.5, 0.6) is 0 Å². The van der Waals surface area contributed by atoms with Gasteiger partial charge in [0, 0.05) is 100 Å². The van der Waals surface area contributed by atoms with Crippen LogP contribution in [0.25, 0.3) is 121 Å². The molecule has 0 atom stereocenters. The van der Waals surface area contributed by atoms with E-state index in [0.29, 0.717) is 78.3 Å². The Morgan fingerprint density at radius 1 is 0.188 bits per heavy atom. The SMILES string of the molecule is N#Cc1ccc(N(c2ccccc2)c2cc3c(c4c2oc2ccccc24)-c2c(cc(N(c4ccc(C#N)cc4)c4cccc(-c5cc(C#N)cc(N(c6ccccc6)c6cc7c(c8c6oc6ccccc68)-c6c(cc(N(c8ccccc8)c8cccc(C#N)c8)c8c6oc6ccccc68)C7(c6ccccc6)c6ccccc6)c5)c4)c4c2oc2ccccc24)C3(c2ccccc2)c2ccccc2)cc1. The lowest BCUT2D eigenvalue weighted by Gasteiger charge is -2.36. The fourth-order valence-corrected chi connectivity index (χ4v) is 22.3. The van der Waals surface area contributed by atoms with E-state index in [-0.39, 0.29) is 0 Å². The zero-order valence-electron chi connectivity index (χ0n) is 73.9. The van der Waals surface area contributed by atoms with Crippen LogP contribution in [0.3, 0.4) is 0 Å². The molecule has 0 saturated heterocycles. The zero-order valence-corrected chi connectivity index (χ0v) is 73.9. The van der Waals surface area contributed by atoms with E-state index in [2.05, 4.69) is 341 Å². The van der Waals surface area contributed by atoms with Gasteiger partial charge >= 0.3 is 0 Å². The first-order chi connectivity index (χ1) is 68.3. The highest BCUT2D eigenvalue weighted by Crippen LogP contribution is 2.68. The molecule has 2 aliphatic carbocycles. The van der Waals surface area contributed by atoms with Crippen molar-refractivity contribution in [2.45, 2.75) is 10.8 Å². The van der Waals surface area contributed by atoms with Crippen molar-refractivity contribution in [3.63, 3.8) is 0 Å². The summed E-state index contributed by atoms with van der Waals surface area (Å²) in [6, 6.07) is 165. The molecule has 4 aromatic heterocycles. The molecule has 4 heterocycles. The predicted octanol–water partition coefficient (Wildman–Crippen LogP) is 33.0. The molecular formula is C126H74N8O4. The van der Waals surface area contributed by atoms with Crippen molar-refractivity contribution >= 4 is 156 Å². The van der Waals surface area contributed by atoms with Gasteiger partial charge in [-0.25, -0.2) is 0 Å². The molecule has 0 radical (unpaired) electrons. The van der Waals surface area contributed by atoms with Gasteiger partial charge in [0.05, 0.1) is 90.9 Å². The summed E-state index contributed by atoms with van der Waals surface area (Å²) < 4.78 is 30.4. The molecule has 642 valence electrons. The fraction of sp³-hybridized carbons (Fsp3) is 0.0159. The number of rotatable bonds is 17. The smallest absolute Gasteiger partial charge is 0.160 e. The molecular weight excluding hydrogens is 1690 g/mol. The van der Waals surface area contributed by atoms with Crippen molar-refractivity contribution < 1.29 is 17.7 Å². The molecule has 0 spiro atoms. The molecule has 20 aromatic carbocycles. The highest BCUT2D eigenvalue weighted by Gasteiger charge is 2.53. The van der Waals surface area contributed by atoms with Crippen molar-refractivity contribution in [1.29, 1.82) is 21.0 Å². The Hall–Kier alpha value is -19.2. The quantitative estimate of drug-likeness (QED) is 0.0850. The molecule has 0 bridgehead atoms. The standard InChI is InChI=1S/C126H74N8O4/c127-75-79-58-62-92(63-59-79)131(89-42-16-5-17-43-89)107-73-101-117(115-99-52-24-28-56-111(99)135-121(107)115)120-104(125(101,85-34-8-1-9-35-85)86-36-10-2-11-37-86)72-106(114-98-51-23-27-55-110(98)138-124(114)120)133(93-64-60-80(76-128)61-65-93)95-49-31-33-83(69-95)84-66-82(78-130)68-96(70-84)134(91-46-20-7-21-47-91)108-74-102-118(116-100-53-25-29-57-112(100)136-122(108)116)119-103(126(102,87-38-12-3-13-39-87)88-40-14-4-15-41-88)71-105(113-97-50-22-26-54-109(97)137-123(113)119)132(90-44-18-6-19-45-90)94-48-30-32-81(67-94)77-129/h1-74H. The molecule has 2 aliphatic rings. The highest BCUT2D eigenvalue weighted by molar-refractivity contribution is 6.29. The summed E-state index contributed by atoms with van der Waals surface area (Å²) in [6.45, 7) is 0. The summed E-state index contributed by atoms with van der Waals surface area (Å²) in [7, 11) is 0. The number of nitriles is 4. The topological polar surface area (TPSA) is 161 Å². The molecule has 0 amide bonds. The second-order valence-corrected chi connectivity index (χ2v) is 35.2. The third-order valence-electron chi connectivity index (χ3n) is 28.0. The Balaban J connectivity index is 0.724. The summed E-state index contributed by atoms with van der Waals surface area (Å²) in [4.78, 5) is 9.08. The molecule has 26 rings (SSSR count). The fourth-order valence-electron chi connectivity index (χ4n) is 22.3. The highest BCUT2D eigenvalue weighted by atomic mass is 16.3. The van der Waals surface area contributed by atoms with Gasteiger partial charge in [0.25, 0.3) is 0 Å². The predicted molar refractivity (Wildman–Crippen MR) is 553 cm³/mol. The number of nitrogens with zero attached hydrogens (tertiary/aromatic N) is 8. The first-order valence-electron chi connectivity index (χ1n) is 46.0. The van der Waals surface area contributed by atoms with Gasteiger partial charge in [-0.3, -0.25) is 0 Å². The van der Waals surface area contributed by atoms with Crippen LogP contribution in [-0.2, 0) is 10.8 Å². The summed E-state index contributed by atoms with van der Waals surface area (Å²) in [6.07, 6.45) is 0. The van der Waals surface area contributed by atoms with Gasteiger partial charge in [0.2, 0.25) is 0 Å². The van der Waals surface area contributed by atoms with Crippen LogP contribution in [0.15, 0.2) is 467 Å². The Labute approximate surface area is 793 Å². The van der Waals surface area contributed by atoms with Crippen LogP contribution in [0.4, 0.5) is 68.2 Å². The Kier molecular flexibility index (Phi) is 18.4. The molecule has 138 heavy (non-hydrogen) atoms. The Morgan fingerprint density at radius 3 is 0.855 bits per heavy atom. The van der Waals surface area contributed by atoms with E-state index in [0.717, 1.165) is 178 Å². The van der Waals surface area contributed by atoms with Crippen LogP contribution in [0.2, 0.25) is 0 Å². The second kappa shape index (κ2) is 31.8. The second-order valence-electron chi connectivity index (χ2n) is 35.2. The lowest BCUT2D eigenvalue weighted by atomic mass is 9.67. The maximum Gasteiger partial charge on any atom is 0.160 e. The van der Waals surface area contributed by atoms with Gasteiger partial charge in [-0.15, -0.1) is 0 Å². The van der Waals surface area contributed by atoms with Gasteiger partial charge in [0.1, 0.15) is 33.5 Å². The third-order valence-corrected chi connectivity index (χ3v) is 28.0. The summed E-state index contributed by atoms with van der Waals surface area (Å²) >= 11 is 0. The number of furan rings is 4. The third kappa shape index (κ3) is 12.0. The average Bonchev–Trinajstić information content (AvgIpc) is 1.50. The van der Waals surface area contributed by atoms with E-state index in [1.807, 2.05) is 152 Å². The minimum absolute atomic E-state index is 0.410. The molecule has 24 aromatic rings. The monoisotopic (exact) mass is 1760 g/mol. The summed E-state index contributed by atoms with van der Waals surface area (Å²) in [5, 5.41) is 50.8. The normalized spacial score (nSPS) is 12.6. The number of hydrogen-bond acceptors (Lipinski definition) is 12. The van der Waals surface area contributed by atoms with Crippen LogP contribution in [0, 0.1) is 45.3 Å². The van der Waals surface area contributed by atoms with Gasteiger partial charge in [-0.1, -0.05) is 267 Å². The van der Waals surface area contributed by atoms with Crippen LogP contribution >= 0.6 is 0 Å². The number of para-hydroxylation sites is 7. The minimum atomic E-state index is -1.12. The van der Waals surface area contributed by atoms with Crippen LogP contribution in [0.1, 0.15) is 66.8 Å². The molecule has 0 N–H and O–H groups in total. The van der Waals surface area contributed by atoms with Gasteiger partial charge in [0.15, 0.2) is 11.2 Å². The maximum absolute atomic E-state index is 11.9. The Morgan fingerprint density at radius 2 is 0.471 bits per heavy atom. The number of anilines is 12. The summed E-state index contributed by atoms with van der Waals surface area (Å²) in [5.74, 6) is 0. The van der Waals surface area contributed by atoms with E-state index in [1.54, 1.807) is 0 Å². The first kappa shape index (κ1) is 79.7. The molecule has 12 nitrogen and oxygen atoms in total. The van der Waals surface area contributed by atoms with Crippen LogP contribution in [-0.4, -0.2) is 0 Å². The number of fused-ring (bicyclic) bond motifs is 22. The van der Waals surface area contributed by atoms with Crippen molar-refractivity contribution in [3.8, 4) is 57.7 Å². The van der Waals surface area contributed by atoms with Gasteiger partial charge in [-0.2, -0.15) is 21.0 Å². The van der Waals surface area contributed by atoms with Crippen molar-refractivity contribution in [3.05, 3.63) is 516 Å². The molecule has 12 heteroatoms. The first-order valence-corrected chi connectivity index (χ1v) is 46.0. The average molecular weight is 1760 g/mol. The van der Waals surface area contributed by atoms with E-state index >= 15 is 0 Å². The van der Waals surface area contributed by atoms with E-state index in [9.17, 15) is 21.0 Å². The van der Waals surface area contributed by atoms with E-state index in [4.69, 9.17) is 17.7 Å². The number of benzene rings is 20. The zero-order chi connectivity index (χ0) is 91.9. The van der Waals surface area contributed by atoms with Gasteiger partial charge in [-0.05, 0) is 238 Å². The lowest BCUT2D eigenvalue weighted by molar-refractivity contribution is 0.668. The van der Waals surface area contributed by atoms with Crippen molar-refractivity contribution in [2.75, 3.05) is 19.6 Å². The van der Waals surface area contributed by atoms with E-state index < -0.39 is 10.8 Å². The van der Waals surface area contributed by atoms with E-state index in [1.165, 1.54) is 0 Å². The maximum atomic E-state index is 11.9. The molecule has 0 aliphatic heterocycles. The lowest BCUT2D eigenvalue weighted by Crippen LogP contribution is -2.29. The number of hydrogen-bond donors (Lipinski definition) is 0. The minimum Gasteiger partial charge on any atom is -0.455 e.